The predicted molar refractivity (Wildman–Crippen MR) is 207 cm³/mol. The average molecular weight is 685 g/mol. The second-order valence-electron chi connectivity index (χ2n) is 12.3. The molecule has 5 aromatic carbocycles. The Morgan fingerprint density at radius 1 is 0.706 bits per heavy atom. The van der Waals surface area contributed by atoms with Crippen LogP contribution in [0.4, 0.5) is 34.1 Å². The van der Waals surface area contributed by atoms with Crippen molar-refractivity contribution in [2.75, 3.05) is 48.4 Å². The van der Waals surface area contributed by atoms with Crippen LogP contribution >= 0.6 is 0 Å². The van der Waals surface area contributed by atoms with Gasteiger partial charge in [-0.15, -0.1) is 5.11 Å². The van der Waals surface area contributed by atoms with Gasteiger partial charge in [-0.05, 0) is 118 Å². The highest BCUT2D eigenvalue weighted by Crippen LogP contribution is 2.33. The molecule has 0 saturated heterocycles. The molecule has 3 N–H and O–H groups in total. The standard InChI is InChI=1S/C41H44N6O4/c1-29(2)41(49)51-28-10-6-5-9-27-50-35-23-13-30(14-24-35)40(48)42-38-25-26-39(37-12-8-7-11-36(37)38)46-45-32-17-15-31(16-18-32)43-44-33-19-21-34(22-20-33)47(3)4/h7-8,11-26,43-44H,1,5-6,9-10,27-28H2,2-4H3,(H,42,48). The monoisotopic (exact) mass is 684 g/mol. The molecule has 0 radical (unpaired) electrons. The highest BCUT2D eigenvalue weighted by atomic mass is 16.5. The molecule has 0 aliphatic rings. The van der Waals surface area contributed by atoms with E-state index >= 15 is 0 Å². The highest BCUT2D eigenvalue weighted by Gasteiger charge is 2.11. The fourth-order valence-electron chi connectivity index (χ4n) is 5.12. The SMILES string of the molecule is C=C(C)C(=O)OCCCCCCOc1ccc(C(=O)Nc2ccc(N=Nc3ccc(NNc4ccc(N(C)C)cc4)cc3)c3ccccc23)cc1. The van der Waals surface area contributed by atoms with E-state index in [1.54, 1.807) is 31.2 Å². The topological polar surface area (TPSA) is 117 Å². The summed E-state index contributed by atoms with van der Waals surface area (Å²) >= 11 is 0. The van der Waals surface area contributed by atoms with E-state index in [0.717, 1.165) is 53.5 Å². The highest BCUT2D eigenvalue weighted by molar-refractivity contribution is 6.11. The van der Waals surface area contributed by atoms with Gasteiger partial charge in [0.25, 0.3) is 5.91 Å². The summed E-state index contributed by atoms with van der Waals surface area (Å²) in [6, 6.07) is 34.4. The summed E-state index contributed by atoms with van der Waals surface area (Å²) in [6.45, 7) is 6.19. The number of carbonyl (C=O) groups excluding carboxylic acids is 2. The Kier molecular flexibility index (Phi) is 12.8. The van der Waals surface area contributed by atoms with E-state index in [1.807, 2.05) is 86.9 Å². The number of anilines is 4. The number of rotatable bonds is 17. The van der Waals surface area contributed by atoms with Gasteiger partial charge >= 0.3 is 5.97 Å². The number of benzene rings is 5. The minimum absolute atomic E-state index is 0.220. The molecule has 5 aromatic rings. The maximum atomic E-state index is 13.2. The van der Waals surface area contributed by atoms with E-state index in [0.29, 0.717) is 47.2 Å². The lowest BCUT2D eigenvalue weighted by atomic mass is 10.1. The first-order chi connectivity index (χ1) is 24.8. The lowest BCUT2D eigenvalue weighted by molar-refractivity contribution is -0.139. The zero-order valence-corrected chi connectivity index (χ0v) is 29.3. The number of unbranched alkanes of at least 4 members (excludes halogenated alkanes) is 3. The second-order valence-corrected chi connectivity index (χ2v) is 12.3. The molecule has 0 spiro atoms. The number of azo groups is 1. The van der Waals surface area contributed by atoms with Gasteiger partial charge in [0, 0.05) is 47.4 Å². The Morgan fingerprint density at radius 2 is 1.33 bits per heavy atom. The Bertz CT molecular complexity index is 1960. The van der Waals surface area contributed by atoms with Crippen LogP contribution in [0, 0.1) is 0 Å². The van der Waals surface area contributed by atoms with Crippen LogP contribution in [0.3, 0.4) is 0 Å². The molecule has 0 fully saturated rings. The molecule has 0 aliphatic heterocycles. The van der Waals surface area contributed by atoms with Gasteiger partial charge in [-0.3, -0.25) is 4.79 Å². The molecule has 0 bridgehead atoms. The van der Waals surface area contributed by atoms with Crippen molar-refractivity contribution in [1.82, 2.24) is 0 Å². The molecule has 0 saturated carbocycles. The number of fused-ring (bicyclic) bond motifs is 1. The van der Waals surface area contributed by atoms with Crippen LogP contribution in [-0.4, -0.2) is 39.2 Å². The Labute approximate surface area is 299 Å². The quantitative estimate of drug-likeness (QED) is 0.0293. The first-order valence-electron chi connectivity index (χ1n) is 17.0. The van der Waals surface area contributed by atoms with Gasteiger partial charge in [0.1, 0.15) is 5.75 Å². The molecule has 0 unspecified atom stereocenters. The summed E-state index contributed by atoms with van der Waals surface area (Å²) < 4.78 is 11.0. The first-order valence-corrected chi connectivity index (χ1v) is 17.0. The minimum atomic E-state index is -0.344. The summed E-state index contributed by atoms with van der Waals surface area (Å²) in [5.41, 5.74) is 12.4. The molecule has 0 atom stereocenters. The lowest BCUT2D eigenvalue weighted by Gasteiger charge is -2.14. The minimum Gasteiger partial charge on any atom is -0.494 e. The maximum Gasteiger partial charge on any atom is 0.333 e. The van der Waals surface area contributed by atoms with Gasteiger partial charge in [-0.25, -0.2) is 4.79 Å². The van der Waals surface area contributed by atoms with Crippen LogP contribution in [0.25, 0.3) is 10.8 Å². The van der Waals surface area contributed by atoms with Crippen molar-refractivity contribution in [3.63, 3.8) is 0 Å². The maximum absolute atomic E-state index is 13.2. The Morgan fingerprint density at radius 3 is 1.98 bits per heavy atom. The molecule has 10 heteroatoms. The normalized spacial score (nSPS) is 10.9. The molecule has 262 valence electrons. The number of amides is 1. The van der Waals surface area contributed by atoms with E-state index in [9.17, 15) is 9.59 Å². The first kappa shape index (κ1) is 36.1. The summed E-state index contributed by atoms with van der Waals surface area (Å²) in [6.07, 6.45) is 3.61. The van der Waals surface area contributed by atoms with Crippen LogP contribution in [0.2, 0.25) is 0 Å². The van der Waals surface area contributed by atoms with Crippen molar-refractivity contribution in [2.45, 2.75) is 32.6 Å². The fraction of sp³-hybridized carbons (Fsp3) is 0.220. The van der Waals surface area contributed by atoms with Gasteiger partial charge in [0.05, 0.1) is 36.0 Å². The lowest BCUT2D eigenvalue weighted by Crippen LogP contribution is -2.12. The van der Waals surface area contributed by atoms with Crippen molar-refractivity contribution in [1.29, 1.82) is 0 Å². The Balaban J connectivity index is 1.11. The number of carbonyl (C=O) groups is 2. The van der Waals surface area contributed by atoms with Gasteiger partial charge in [-0.1, -0.05) is 30.8 Å². The van der Waals surface area contributed by atoms with E-state index in [1.165, 1.54) is 0 Å². The van der Waals surface area contributed by atoms with Crippen molar-refractivity contribution in [3.8, 4) is 5.75 Å². The van der Waals surface area contributed by atoms with Gasteiger partial charge < -0.3 is 30.5 Å². The summed E-state index contributed by atoms with van der Waals surface area (Å²) in [7, 11) is 4.03. The number of esters is 1. The third kappa shape index (κ3) is 10.7. The van der Waals surface area contributed by atoms with E-state index in [4.69, 9.17) is 9.47 Å². The zero-order valence-electron chi connectivity index (χ0n) is 29.3. The van der Waals surface area contributed by atoms with Crippen LogP contribution in [0.1, 0.15) is 43.0 Å². The summed E-state index contributed by atoms with van der Waals surface area (Å²) in [5.74, 6) is 0.140. The van der Waals surface area contributed by atoms with Crippen molar-refractivity contribution >= 4 is 56.8 Å². The van der Waals surface area contributed by atoms with Gasteiger partial charge in [0.15, 0.2) is 0 Å². The van der Waals surface area contributed by atoms with Crippen LogP contribution in [0.5, 0.6) is 5.75 Å². The molecule has 10 nitrogen and oxygen atoms in total. The zero-order chi connectivity index (χ0) is 36.0. The molecular formula is C41H44N6O4. The average Bonchev–Trinajstić information content (AvgIpc) is 3.15. The predicted octanol–water partition coefficient (Wildman–Crippen LogP) is 10.1. The molecule has 0 aromatic heterocycles. The van der Waals surface area contributed by atoms with Crippen molar-refractivity contribution < 1.29 is 19.1 Å². The molecular weight excluding hydrogens is 640 g/mol. The molecule has 1 amide bonds. The van der Waals surface area contributed by atoms with Crippen molar-refractivity contribution in [2.24, 2.45) is 10.2 Å². The van der Waals surface area contributed by atoms with Gasteiger partial charge in [0.2, 0.25) is 0 Å². The smallest absolute Gasteiger partial charge is 0.333 e. The third-order valence-corrected chi connectivity index (χ3v) is 8.03. The number of nitrogens with zero attached hydrogens (tertiary/aromatic N) is 3. The second kappa shape index (κ2) is 18.0. The third-order valence-electron chi connectivity index (χ3n) is 8.03. The summed E-state index contributed by atoms with van der Waals surface area (Å²) in [4.78, 5) is 26.6. The Hall–Kier alpha value is -6.16. The van der Waals surface area contributed by atoms with Crippen LogP contribution in [0.15, 0.2) is 132 Å². The molecule has 5 rings (SSSR count). The molecule has 51 heavy (non-hydrogen) atoms. The van der Waals surface area contributed by atoms with Crippen LogP contribution in [-0.2, 0) is 9.53 Å². The van der Waals surface area contributed by atoms with Crippen LogP contribution < -0.4 is 25.8 Å². The van der Waals surface area contributed by atoms with Gasteiger partial charge in [-0.2, -0.15) is 5.11 Å². The molecule has 0 heterocycles. The number of hydrogen-bond donors (Lipinski definition) is 3. The van der Waals surface area contributed by atoms with Crippen molar-refractivity contribution in [3.05, 3.63) is 127 Å². The molecule has 0 aliphatic carbocycles. The largest absolute Gasteiger partial charge is 0.494 e. The van der Waals surface area contributed by atoms with E-state index in [-0.39, 0.29) is 11.9 Å². The van der Waals surface area contributed by atoms with E-state index < -0.39 is 0 Å². The number of nitrogens with one attached hydrogen (secondary N) is 3. The number of hydrogen-bond acceptors (Lipinski definition) is 9. The summed E-state index contributed by atoms with van der Waals surface area (Å²) in [5, 5.41) is 13.8. The fourth-order valence-corrected chi connectivity index (χ4v) is 5.12. The number of hydrazine groups is 1. The number of ether oxygens (including phenoxy) is 2. The van der Waals surface area contributed by atoms with E-state index in [2.05, 4.69) is 50.0 Å².